The Morgan fingerprint density at radius 1 is 1.33 bits per heavy atom. The van der Waals surface area contributed by atoms with Crippen LogP contribution in [0.2, 0.25) is 0 Å². The minimum absolute atomic E-state index is 0.208. The maximum Gasteiger partial charge on any atom is 0.238 e. The van der Waals surface area contributed by atoms with E-state index in [1.807, 2.05) is 6.92 Å². The molecule has 5 nitrogen and oxygen atoms in total. The summed E-state index contributed by atoms with van der Waals surface area (Å²) in [6, 6.07) is 0. The summed E-state index contributed by atoms with van der Waals surface area (Å²) in [5, 5.41) is 2.75. The van der Waals surface area contributed by atoms with Crippen LogP contribution in [0.5, 0.6) is 0 Å². The predicted molar refractivity (Wildman–Crippen MR) is 55.6 cm³/mol. The van der Waals surface area contributed by atoms with E-state index >= 15 is 0 Å². The number of carbonyl (C=O) groups excluding carboxylic acids is 1. The molecule has 1 aliphatic heterocycles. The molecule has 1 aliphatic carbocycles. The van der Waals surface area contributed by atoms with E-state index < -0.39 is 10.0 Å². The molecule has 2 rings (SSSR count). The van der Waals surface area contributed by atoms with Crippen molar-refractivity contribution in [3.63, 3.8) is 0 Å². The standard InChI is InChI=1S/C9H16N2O3S/c1-6-4-10-5-8(6)9(12)11-15(13,14)7-2-3-7/h6-8,10H,2-5H2,1H3,(H,11,12). The second kappa shape index (κ2) is 3.75. The van der Waals surface area contributed by atoms with Gasteiger partial charge in [0.1, 0.15) is 0 Å². The van der Waals surface area contributed by atoms with Gasteiger partial charge in [0, 0.05) is 6.54 Å². The Bertz CT molecular complexity index is 362. The summed E-state index contributed by atoms with van der Waals surface area (Å²) in [5.74, 6) is -0.350. The lowest BCUT2D eigenvalue weighted by atomic mass is 9.98. The Morgan fingerprint density at radius 3 is 2.47 bits per heavy atom. The highest BCUT2D eigenvalue weighted by Crippen LogP contribution is 2.28. The average molecular weight is 232 g/mol. The van der Waals surface area contributed by atoms with Gasteiger partial charge in [-0.1, -0.05) is 6.92 Å². The zero-order valence-electron chi connectivity index (χ0n) is 8.69. The zero-order chi connectivity index (χ0) is 11.1. The Hall–Kier alpha value is -0.620. The first-order valence-corrected chi connectivity index (χ1v) is 6.81. The van der Waals surface area contributed by atoms with Gasteiger partial charge in [-0.15, -0.1) is 0 Å². The van der Waals surface area contributed by atoms with E-state index in [1.54, 1.807) is 0 Å². The fraction of sp³-hybridized carbons (Fsp3) is 0.889. The first kappa shape index (κ1) is 10.9. The third kappa shape index (κ3) is 2.31. The molecule has 2 N–H and O–H groups in total. The molecule has 2 fully saturated rings. The molecule has 6 heteroatoms. The minimum atomic E-state index is -3.37. The highest BCUT2D eigenvalue weighted by atomic mass is 32.2. The van der Waals surface area contributed by atoms with E-state index in [0.717, 1.165) is 6.54 Å². The molecule has 0 aromatic carbocycles. The number of carbonyl (C=O) groups is 1. The van der Waals surface area contributed by atoms with Crippen molar-refractivity contribution < 1.29 is 13.2 Å². The lowest BCUT2D eigenvalue weighted by molar-refractivity contribution is -0.123. The largest absolute Gasteiger partial charge is 0.316 e. The smallest absolute Gasteiger partial charge is 0.238 e. The van der Waals surface area contributed by atoms with E-state index in [4.69, 9.17) is 0 Å². The van der Waals surface area contributed by atoms with E-state index in [9.17, 15) is 13.2 Å². The van der Waals surface area contributed by atoms with Crippen LogP contribution in [0, 0.1) is 11.8 Å². The summed E-state index contributed by atoms with van der Waals surface area (Å²) in [7, 11) is -3.37. The van der Waals surface area contributed by atoms with Crippen molar-refractivity contribution in [2.45, 2.75) is 25.0 Å². The van der Waals surface area contributed by atoms with Crippen LogP contribution in [-0.4, -0.2) is 32.7 Å². The first-order chi connectivity index (χ1) is 7.00. The van der Waals surface area contributed by atoms with E-state index in [0.29, 0.717) is 19.4 Å². The normalized spacial score (nSPS) is 31.5. The van der Waals surface area contributed by atoms with Gasteiger partial charge in [0.05, 0.1) is 11.2 Å². The van der Waals surface area contributed by atoms with Crippen LogP contribution in [0.4, 0.5) is 0 Å². The van der Waals surface area contributed by atoms with Crippen LogP contribution in [0.1, 0.15) is 19.8 Å². The number of amides is 1. The third-order valence-electron chi connectivity index (χ3n) is 3.06. The maximum absolute atomic E-state index is 11.7. The molecule has 15 heavy (non-hydrogen) atoms. The Morgan fingerprint density at radius 2 is 2.00 bits per heavy atom. The van der Waals surface area contributed by atoms with Gasteiger partial charge >= 0.3 is 0 Å². The number of hydrogen-bond acceptors (Lipinski definition) is 4. The fourth-order valence-corrected chi connectivity index (χ4v) is 3.19. The van der Waals surface area contributed by atoms with Gasteiger partial charge < -0.3 is 5.32 Å². The molecule has 0 bridgehead atoms. The number of nitrogens with one attached hydrogen (secondary N) is 2. The number of hydrogen-bond donors (Lipinski definition) is 2. The monoisotopic (exact) mass is 232 g/mol. The summed E-state index contributed by atoms with van der Waals surface area (Å²) >= 11 is 0. The summed E-state index contributed by atoms with van der Waals surface area (Å²) in [5.41, 5.74) is 0. The summed E-state index contributed by atoms with van der Waals surface area (Å²) in [6.45, 7) is 3.31. The van der Waals surface area contributed by atoms with Crippen LogP contribution in [0.15, 0.2) is 0 Å². The van der Waals surface area contributed by atoms with Crippen molar-refractivity contribution in [2.75, 3.05) is 13.1 Å². The van der Waals surface area contributed by atoms with Gasteiger partial charge in [0.15, 0.2) is 0 Å². The molecule has 0 aromatic heterocycles. The number of sulfonamides is 1. The topological polar surface area (TPSA) is 75.3 Å². The molecule has 86 valence electrons. The molecule has 2 unspecified atom stereocenters. The Balaban J connectivity index is 1.97. The van der Waals surface area contributed by atoms with Crippen molar-refractivity contribution in [3.8, 4) is 0 Å². The quantitative estimate of drug-likeness (QED) is 0.684. The van der Waals surface area contributed by atoms with E-state index in [2.05, 4.69) is 10.0 Å². The van der Waals surface area contributed by atoms with Crippen LogP contribution < -0.4 is 10.0 Å². The van der Waals surface area contributed by atoms with Crippen molar-refractivity contribution in [1.29, 1.82) is 0 Å². The highest BCUT2D eigenvalue weighted by Gasteiger charge is 2.39. The Labute approximate surface area is 89.7 Å². The summed E-state index contributed by atoms with van der Waals surface area (Å²) in [6.07, 6.45) is 1.36. The van der Waals surface area contributed by atoms with Gasteiger partial charge in [0.2, 0.25) is 15.9 Å². The van der Waals surface area contributed by atoms with E-state index in [-0.39, 0.29) is 23.0 Å². The van der Waals surface area contributed by atoms with Gasteiger partial charge in [-0.25, -0.2) is 8.42 Å². The third-order valence-corrected chi connectivity index (χ3v) is 4.90. The van der Waals surface area contributed by atoms with Gasteiger partial charge in [-0.2, -0.15) is 0 Å². The predicted octanol–water partition coefficient (Wildman–Crippen LogP) is -0.550. The molecular weight excluding hydrogens is 216 g/mol. The molecule has 1 heterocycles. The van der Waals surface area contributed by atoms with Crippen LogP contribution in [0.3, 0.4) is 0 Å². The van der Waals surface area contributed by atoms with Crippen LogP contribution >= 0.6 is 0 Å². The highest BCUT2D eigenvalue weighted by molar-refractivity contribution is 7.90. The molecule has 1 saturated heterocycles. The molecule has 1 amide bonds. The zero-order valence-corrected chi connectivity index (χ0v) is 9.51. The van der Waals surface area contributed by atoms with Gasteiger partial charge in [-0.3, -0.25) is 9.52 Å². The van der Waals surface area contributed by atoms with Gasteiger partial charge in [-0.05, 0) is 25.3 Å². The molecular formula is C9H16N2O3S. The lowest BCUT2D eigenvalue weighted by Crippen LogP contribution is -2.39. The van der Waals surface area contributed by atoms with Crippen molar-refractivity contribution in [3.05, 3.63) is 0 Å². The van der Waals surface area contributed by atoms with Crippen molar-refractivity contribution >= 4 is 15.9 Å². The molecule has 1 saturated carbocycles. The SMILES string of the molecule is CC1CNCC1C(=O)NS(=O)(=O)C1CC1. The fourth-order valence-electron chi connectivity index (χ4n) is 1.84. The first-order valence-electron chi connectivity index (χ1n) is 5.27. The van der Waals surface area contributed by atoms with Gasteiger partial charge in [0.25, 0.3) is 0 Å². The van der Waals surface area contributed by atoms with Crippen molar-refractivity contribution in [1.82, 2.24) is 10.0 Å². The summed E-state index contributed by atoms with van der Waals surface area (Å²) in [4.78, 5) is 11.7. The van der Waals surface area contributed by atoms with E-state index in [1.165, 1.54) is 0 Å². The average Bonchev–Trinajstić information content (AvgIpc) is 2.89. The molecule has 0 aromatic rings. The molecule has 0 radical (unpaired) electrons. The van der Waals surface area contributed by atoms with Crippen LogP contribution in [0.25, 0.3) is 0 Å². The molecule has 2 atom stereocenters. The lowest BCUT2D eigenvalue weighted by Gasteiger charge is -2.13. The number of rotatable bonds is 3. The van der Waals surface area contributed by atoms with Crippen LogP contribution in [-0.2, 0) is 14.8 Å². The minimum Gasteiger partial charge on any atom is -0.316 e. The molecule has 0 spiro atoms. The molecule has 2 aliphatic rings. The summed E-state index contributed by atoms with van der Waals surface area (Å²) < 4.78 is 25.2. The van der Waals surface area contributed by atoms with Crippen molar-refractivity contribution in [2.24, 2.45) is 11.8 Å². The second-order valence-corrected chi connectivity index (χ2v) is 6.41. The Kier molecular flexibility index (Phi) is 2.72. The maximum atomic E-state index is 11.7. The second-order valence-electron chi connectivity index (χ2n) is 4.45.